The molecule has 1 fully saturated rings. The minimum atomic E-state index is -0.0353. The average molecular weight is 393 g/mol. The van der Waals surface area contributed by atoms with Gasteiger partial charge in [-0.2, -0.15) is 0 Å². The number of carbonyl (C=O) groups is 1. The van der Waals surface area contributed by atoms with E-state index in [9.17, 15) is 4.79 Å². The van der Waals surface area contributed by atoms with Crippen molar-refractivity contribution in [1.82, 2.24) is 10.3 Å². The fourth-order valence-corrected chi connectivity index (χ4v) is 3.33. The van der Waals surface area contributed by atoms with E-state index in [4.69, 9.17) is 9.47 Å². The SMILES string of the molecule is CC#CCOc1cc(N2CC[C@@H](Oc3ccc([C@H](C)NC(C)=O)cc3)C2)ccn1. The highest BCUT2D eigenvalue weighted by Gasteiger charge is 2.24. The summed E-state index contributed by atoms with van der Waals surface area (Å²) in [6.07, 6.45) is 2.83. The molecule has 3 rings (SSSR count). The Balaban J connectivity index is 1.55. The van der Waals surface area contributed by atoms with Gasteiger partial charge in [-0.3, -0.25) is 4.79 Å². The Morgan fingerprint density at radius 1 is 1.34 bits per heavy atom. The van der Waals surface area contributed by atoms with Crippen molar-refractivity contribution in [3.8, 4) is 23.5 Å². The fraction of sp³-hybridized carbons (Fsp3) is 0.391. The smallest absolute Gasteiger partial charge is 0.217 e. The Bertz CT molecular complexity index is 886. The standard InChI is InChI=1S/C23H27N3O3/c1-4-5-14-28-23-15-20(10-12-24-23)26-13-11-22(16-26)29-21-8-6-19(7-9-21)17(2)25-18(3)27/h6-10,12,15,17,22H,11,13-14,16H2,1-3H3,(H,25,27)/t17-,22+/m0/s1. The molecule has 0 aliphatic carbocycles. The first-order valence-corrected chi connectivity index (χ1v) is 9.82. The third-order valence-electron chi connectivity index (χ3n) is 4.80. The number of ether oxygens (including phenoxy) is 2. The van der Waals surface area contributed by atoms with Crippen LogP contribution in [0.1, 0.15) is 38.8 Å². The second kappa shape index (κ2) is 9.83. The molecule has 0 unspecified atom stereocenters. The number of carbonyl (C=O) groups excluding carboxylic acids is 1. The fourth-order valence-electron chi connectivity index (χ4n) is 3.33. The number of amides is 1. The van der Waals surface area contributed by atoms with Crippen molar-refractivity contribution in [2.24, 2.45) is 0 Å². The van der Waals surface area contributed by atoms with Crippen LogP contribution in [0.3, 0.4) is 0 Å². The monoisotopic (exact) mass is 393 g/mol. The molecule has 152 valence electrons. The van der Waals surface area contributed by atoms with E-state index in [-0.39, 0.29) is 18.1 Å². The Hall–Kier alpha value is -3.20. The quantitative estimate of drug-likeness (QED) is 0.731. The van der Waals surface area contributed by atoms with Gasteiger partial charge in [0.2, 0.25) is 11.8 Å². The van der Waals surface area contributed by atoms with Crippen LogP contribution in [0.4, 0.5) is 5.69 Å². The van der Waals surface area contributed by atoms with E-state index in [0.29, 0.717) is 12.5 Å². The zero-order chi connectivity index (χ0) is 20.6. The molecule has 1 saturated heterocycles. The predicted octanol–water partition coefficient (Wildman–Crippen LogP) is 3.34. The minimum Gasteiger partial charge on any atom is -0.489 e. The average Bonchev–Trinajstić information content (AvgIpc) is 3.17. The molecule has 0 spiro atoms. The third kappa shape index (κ3) is 5.89. The molecule has 6 nitrogen and oxygen atoms in total. The van der Waals surface area contributed by atoms with Crippen LogP contribution in [-0.2, 0) is 4.79 Å². The second-order valence-corrected chi connectivity index (χ2v) is 7.03. The third-order valence-corrected chi connectivity index (χ3v) is 4.80. The maximum atomic E-state index is 11.2. The summed E-state index contributed by atoms with van der Waals surface area (Å²) in [5, 5.41) is 2.89. The molecule has 2 heterocycles. The lowest BCUT2D eigenvalue weighted by atomic mass is 10.1. The van der Waals surface area contributed by atoms with Crippen LogP contribution in [-0.4, -0.2) is 36.7 Å². The van der Waals surface area contributed by atoms with Gasteiger partial charge in [-0.15, -0.1) is 5.92 Å². The molecule has 2 atom stereocenters. The summed E-state index contributed by atoms with van der Waals surface area (Å²) in [5.41, 5.74) is 2.13. The van der Waals surface area contributed by atoms with Gasteiger partial charge in [-0.25, -0.2) is 4.98 Å². The van der Waals surface area contributed by atoms with Crippen LogP contribution >= 0.6 is 0 Å². The zero-order valence-corrected chi connectivity index (χ0v) is 17.1. The van der Waals surface area contributed by atoms with Gasteiger partial charge in [0.25, 0.3) is 0 Å². The summed E-state index contributed by atoms with van der Waals surface area (Å²) in [6, 6.07) is 11.8. The van der Waals surface area contributed by atoms with Gasteiger partial charge < -0.3 is 19.7 Å². The molecule has 1 N–H and O–H groups in total. The number of benzene rings is 1. The van der Waals surface area contributed by atoms with E-state index >= 15 is 0 Å². The number of aromatic nitrogens is 1. The highest BCUT2D eigenvalue weighted by Crippen LogP contribution is 2.26. The minimum absolute atomic E-state index is 0.0186. The van der Waals surface area contributed by atoms with Crippen LogP contribution in [0, 0.1) is 11.8 Å². The van der Waals surface area contributed by atoms with Crippen LogP contribution in [0.2, 0.25) is 0 Å². The van der Waals surface area contributed by atoms with Crippen molar-refractivity contribution in [1.29, 1.82) is 0 Å². The lowest BCUT2D eigenvalue weighted by molar-refractivity contribution is -0.119. The summed E-state index contributed by atoms with van der Waals surface area (Å²) < 4.78 is 11.7. The van der Waals surface area contributed by atoms with E-state index < -0.39 is 0 Å². The van der Waals surface area contributed by atoms with Crippen molar-refractivity contribution < 1.29 is 14.3 Å². The van der Waals surface area contributed by atoms with Crippen molar-refractivity contribution in [3.63, 3.8) is 0 Å². The molecule has 1 aliphatic heterocycles. The molecule has 2 aromatic rings. The number of nitrogens with one attached hydrogen (secondary N) is 1. The molecule has 1 amide bonds. The van der Waals surface area contributed by atoms with Gasteiger partial charge in [0.05, 0.1) is 12.6 Å². The number of anilines is 1. The van der Waals surface area contributed by atoms with Crippen molar-refractivity contribution >= 4 is 11.6 Å². The van der Waals surface area contributed by atoms with E-state index in [1.165, 1.54) is 6.92 Å². The van der Waals surface area contributed by atoms with Gasteiger partial charge in [-0.1, -0.05) is 18.1 Å². The topological polar surface area (TPSA) is 63.7 Å². The van der Waals surface area contributed by atoms with E-state index in [2.05, 4.69) is 27.0 Å². The number of rotatable bonds is 7. The summed E-state index contributed by atoms with van der Waals surface area (Å²) >= 11 is 0. The maximum Gasteiger partial charge on any atom is 0.217 e. The second-order valence-electron chi connectivity index (χ2n) is 7.03. The Morgan fingerprint density at radius 3 is 2.86 bits per heavy atom. The first-order valence-electron chi connectivity index (χ1n) is 9.82. The van der Waals surface area contributed by atoms with Crippen LogP contribution in [0.15, 0.2) is 42.6 Å². The van der Waals surface area contributed by atoms with Gasteiger partial charge in [-0.05, 0) is 37.6 Å². The van der Waals surface area contributed by atoms with Crippen molar-refractivity contribution in [2.75, 3.05) is 24.6 Å². The largest absolute Gasteiger partial charge is 0.489 e. The maximum absolute atomic E-state index is 11.2. The summed E-state index contributed by atoms with van der Waals surface area (Å²) in [4.78, 5) is 17.7. The summed E-state index contributed by atoms with van der Waals surface area (Å²) in [6.45, 7) is 7.34. The molecule has 0 saturated carbocycles. The number of hydrogen-bond donors (Lipinski definition) is 1. The van der Waals surface area contributed by atoms with Gasteiger partial charge in [0, 0.05) is 37.8 Å². The molecule has 0 radical (unpaired) electrons. The van der Waals surface area contributed by atoms with Gasteiger partial charge in [0.1, 0.15) is 11.9 Å². The first-order chi connectivity index (χ1) is 14.0. The molecule has 1 aromatic carbocycles. The van der Waals surface area contributed by atoms with E-state index in [1.807, 2.05) is 43.3 Å². The first kappa shape index (κ1) is 20.5. The van der Waals surface area contributed by atoms with Crippen LogP contribution < -0.4 is 19.7 Å². The molecule has 1 aromatic heterocycles. The molecule has 6 heteroatoms. The normalized spacial score (nSPS) is 16.5. The Morgan fingerprint density at radius 2 is 2.14 bits per heavy atom. The number of hydrogen-bond acceptors (Lipinski definition) is 5. The Kier molecular flexibility index (Phi) is 6.96. The Labute approximate surface area is 172 Å². The molecule has 0 bridgehead atoms. The lowest BCUT2D eigenvalue weighted by Gasteiger charge is -2.20. The van der Waals surface area contributed by atoms with Gasteiger partial charge in [0.15, 0.2) is 6.61 Å². The van der Waals surface area contributed by atoms with Gasteiger partial charge >= 0.3 is 0 Å². The summed E-state index contributed by atoms with van der Waals surface area (Å²) in [7, 11) is 0. The molecule has 1 aliphatic rings. The summed E-state index contributed by atoms with van der Waals surface area (Å²) in [5.74, 6) is 7.07. The number of nitrogens with zero attached hydrogens (tertiary/aromatic N) is 2. The van der Waals surface area contributed by atoms with Crippen LogP contribution in [0.5, 0.6) is 11.6 Å². The van der Waals surface area contributed by atoms with Crippen LogP contribution in [0.25, 0.3) is 0 Å². The van der Waals surface area contributed by atoms with E-state index in [1.54, 1.807) is 13.1 Å². The predicted molar refractivity (Wildman–Crippen MR) is 113 cm³/mol. The highest BCUT2D eigenvalue weighted by atomic mass is 16.5. The van der Waals surface area contributed by atoms with Crippen molar-refractivity contribution in [2.45, 2.75) is 39.3 Å². The highest BCUT2D eigenvalue weighted by molar-refractivity contribution is 5.73. The van der Waals surface area contributed by atoms with Crippen molar-refractivity contribution in [3.05, 3.63) is 48.2 Å². The molecular weight excluding hydrogens is 366 g/mol. The molecule has 29 heavy (non-hydrogen) atoms. The zero-order valence-electron chi connectivity index (χ0n) is 17.1. The number of pyridine rings is 1. The van der Waals surface area contributed by atoms with E-state index in [0.717, 1.165) is 36.5 Å². The molecular formula is C23H27N3O3. The lowest BCUT2D eigenvalue weighted by Crippen LogP contribution is -2.25.